The quantitative estimate of drug-likeness (QED) is 0.839. The minimum atomic E-state index is -0.766. The van der Waals surface area contributed by atoms with E-state index in [-0.39, 0.29) is 17.9 Å². The molecule has 0 spiro atoms. The van der Waals surface area contributed by atoms with Crippen molar-refractivity contribution in [1.82, 2.24) is 4.90 Å². The van der Waals surface area contributed by atoms with E-state index in [0.717, 1.165) is 34.9 Å². The molecule has 2 heterocycles. The highest BCUT2D eigenvalue weighted by molar-refractivity contribution is 5.91. The zero-order valence-corrected chi connectivity index (χ0v) is 16.7. The minimum Gasteiger partial charge on any atom is -0.497 e. The van der Waals surface area contributed by atoms with Crippen molar-refractivity contribution >= 4 is 22.6 Å². The number of aliphatic carboxylic acids is 1. The van der Waals surface area contributed by atoms with Gasteiger partial charge >= 0.3 is 5.97 Å². The predicted molar refractivity (Wildman–Crippen MR) is 109 cm³/mol. The molecule has 29 heavy (non-hydrogen) atoms. The number of carboxylic acid groups (broad SMARTS) is 1. The number of piperidine rings is 1. The molecule has 2 aliphatic heterocycles. The van der Waals surface area contributed by atoms with Crippen LogP contribution in [0.15, 0.2) is 36.4 Å². The Morgan fingerprint density at radius 3 is 2.69 bits per heavy atom. The van der Waals surface area contributed by atoms with E-state index >= 15 is 0 Å². The zero-order chi connectivity index (χ0) is 20.4. The summed E-state index contributed by atoms with van der Waals surface area (Å²) >= 11 is 0. The summed E-state index contributed by atoms with van der Waals surface area (Å²) in [5.41, 5.74) is 0.999. The summed E-state index contributed by atoms with van der Waals surface area (Å²) in [6, 6.07) is 11.9. The molecule has 2 saturated heterocycles. The Bertz CT molecular complexity index is 903. The monoisotopic (exact) mass is 397 g/mol. The molecule has 0 aromatic heterocycles. The molecule has 0 radical (unpaired) electrons. The molecule has 2 atom stereocenters. The lowest BCUT2D eigenvalue weighted by Crippen LogP contribution is -2.43. The van der Waals surface area contributed by atoms with Crippen LogP contribution in [-0.4, -0.2) is 54.8 Å². The normalized spacial score (nSPS) is 22.7. The standard InChI is InChI=1S/C23H27NO5/c1-28-18-6-5-15-3-2-4-17(20(15)14-18)13-21(25)24-10-7-16(8-11-24)22-19(23(26)27)9-12-29-22/h2-6,14,16,19,22H,7-13H2,1H3,(H,26,27)/t19?,22-/m0/s1. The highest BCUT2D eigenvalue weighted by atomic mass is 16.5. The first-order chi connectivity index (χ1) is 14.1. The van der Waals surface area contributed by atoms with Crippen LogP contribution in [0.25, 0.3) is 10.8 Å². The van der Waals surface area contributed by atoms with E-state index in [2.05, 4.69) is 0 Å². The van der Waals surface area contributed by atoms with Crippen LogP contribution in [0.3, 0.4) is 0 Å². The van der Waals surface area contributed by atoms with Crippen molar-refractivity contribution in [2.24, 2.45) is 11.8 Å². The highest BCUT2D eigenvalue weighted by Gasteiger charge is 2.40. The fourth-order valence-electron chi connectivity index (χ4n) is 4.69. The molecular formula is C23H27NO5. The fourth-order valence-corrected chi connectivity index (χ4v) is 4.69. The van der Waals surface area contributed by atoms with Gasteiger partial charge in [-0.1, -0.05) is 24.3 Å². The summed E-state index contributed by atoms with van der Waals surface area (Å²) in [7, 11) is 1.64. The van der Waals surface area contributed by atoms with Crippen LogP contribution >= 0.6 is 0 Å². The summed E-state index contributed by atoms with van der Waals surface area (Å²) in [4.78, 5) is 26.3. The molecule has 1 N–H and O–H groups in total. The van der Waals surface area contributed by atoms with Crippen LogP contribution in [-0.2, 0) is 20.7 Å². The number of nitrogens with zero attached hydrogens (tertiary/aromatic N) is 1. The third-order valence-corrected chi connectivity index (χ3v) is 6.33. The van der Waals surface area contributed by atoms with E-state index < -0.39 is 11.9 Å². The SMILES string of the molecule is COc1ccc2cccc(CC(=O)N3CCC([C@@H]4OCCC4C(=O)O)CC3)c2c1. The number of hydrogen-bond donors (Lipinski definition) is 1. The summed E-state index contributed by atoms with van der Waals surface area (Å²) in [6.45, 7) is 1.83. The van der Waals surface area contributed by atoms with Gasteiger partial charge in [0.25, 0.3) is 0 Å². The number of hydrogen-bond acceptors (Lipinski definition) is 4. The molecule has 1 unspecified atom stereocenters. The first kappa shape index (κ1) is 19.7. The lowest BCUT2D eigenvalue weighted by atomic mass is 9.84. The number of carbonyl (C=O) groups excluding carboxylic acids is 1. The van der Waals surface area contributed by atoms with Crippen molar-refractivity contribution in [2.45, 2.75) is 31.8 Å². The molecule has 154 valence electrons. The van der Waals surface area contributed by atoms with Gasteiger partial charge in [-0.3, -0.25) is 9.59 Å². The molecule has 0 saturated carbocycles. The molecule has 0 bridgehead atoms. The van der Waals surface area contributed by atoms with Crippen molar-refractivity contribution in [1.29, 1.82) is 0 Å². The minimum absolute atomic E-state index is 0.112. The number of carbonyl (C=O) groups is 2. The van der Waals surface area contributed by atoms with Gasteiger partial charge in [-0.15, -0.1) is 0 Å². The molecule has 2 fully saturated rings. The zero-order valence-electron chi connectivity index (χ0n) is 16.7. The Morgan fingerprint density at radius 1 is 1.17 bits per heavy atom. The van der Waals surface area contributed by atoms with Crippen molar-refractivity contribution in [3.63, 3.8) is 0 Å². The first-order valence-corrected chi connectivity index (χ1v) is 10.2. The first-order valence-electron chi connectivity index (χ1n) is 10.2. The van der Waals surface area contributed by atoms with Gasteiger partial charge in [-0.25, -0.2) is 0 Å². The smallest absolute Gasteiger partial charge is 0.309 e. The third kappa shape index (κ3) is 4.08. The van der Waals surface area contributed by atoms with E-state index in [1.807, 2.05) is 41.3 Å². The number of rotatable bonds is 5. The Labute approximate surface area is 170 Å². The second kappa shape index (κ2) is 8.41. The van der Waals surface area contributed by atoms with E-state index in [0.29, 0.717) is 32.5 Å². The second-order valence-corrected chi connectivity index (χ2v) is 7.97. The molecule has 1 amide bonds. The van der Waals surface area contributed by atoms with Gasteiger partial charge in [0.05, 0.1) is 25.6 Å². The summed E-state index contributed by atoms with van der Waals surface area (Å²) in [5.74, 6) is -0.0709. The number of amides is 1. The molecule has 2 aliphatic rings. The van der Waals surface area contributed by atoms with Gasteiger partial charge in [0, 0.05) is 19.7 Å². The van der Waals surface area contributed by atoms with Crippen LogP contribution in [0.2, 0.25) is 0 Å². The highest BCUT2D eigenvalue weighted by Crippen LogP contribution is 2.33. The van der Waals surface area contributed by atoms with Gasteiger partial charge in [0.15, 0.2) is 0 Å². The molecule has 2 aromatic carbocycles. The average Bonchev–Trinajstić information content (AvgIpc) is 3.24. The summed E-state index contributed by atoms with van der Waals surface area (Å²) in [5, 5.41) is 11.5. The molecule has 4 rings (SSSR count). The van der Waals surface area contributed by atoms with E-state index in [9.17, 15) is 14.7 Å². The van der Waals surface area contributed by atoms with Crippen molar-refractivity contribution < 1.29 is 24.2 Å². The van der Waals surface area contributed by atoms with Gasteiger partial charge < -0.3 is 19.5 Å². The van der Waals surface area contributed by atoms with Crippen LogP contribution < -0.4 is 4.74 Å². The van der Waals surface area contributed by atoms with Gasteiger partial charge in [-0.05, 0) is 53.6 Å². The summed E-state index contributed by atoms with van der Waals surface area (Å²) in [6.07, 6.45) is 2.32. The van der Waals surface area contributed by atoms with Crippen LogP contribution in [0, 0.1) is 11.8 Å². The molecule has 2 aromatic rings. The number of methoxy groups -OCH3 is 1. The number of likely N-dealkylation sites (tertiary alicyclic amines) is 1. The lowest BCUT2D eigenvalue weighted by molar-refractivity contribution is -0.145. The van der Waals surface area contributed by atoms with Crippen molar-refractivity contribution in [3.8, 4) is 5.75 Å². The van der Waals surface area contributed by atoms with E-state index in [1.165, 1.54) is 0 Å². The van der Waals surface area contributed by atoms with Crippen molar-refractivity contribution in [2.75, 3.05) is 26.8 Å². The van der Waals surface area contributed by atoms with Gasteiger partial charge in [0.1, 0.15) is 5.75 Å². The molecule has 0 aliphatic carbocycles. The molecular weight excluding hydrogens is 370 g/mol. The van der Waals surface area contributed by atoms with Crippen LogP contribution in [0.5, 0.6) is 5.75 Å². The van der Waals surface area contributed by atoms with Gasteiger partial charge in [-0.2, -0.15) is 0 Å². The number of fused-ring (bicyclic) bond motifs is 1. The molecule has 6 heteroatoms. The number of benzene rings is 2. The van der Waals surface area contributed by atoms with Crippen molar-refractivity contribution in [3.05, 3.63) is 42.0 Å². The van der Waals surface area contributed by atoms with E-state index in [1.54, 1.807) is 7.11 Å². The Morgan fingerprint density at radius 2 is 1.97 bits per heavy atom. The number of ether oxygens (including phenoxy) is 2. The molecule has 6 nitrogen and oxygen atoms in total. The maximum absolute atomic E-state index is 12.9. The second-order valence-electron chi connectivity index (χ2n) is 7.97. The van der Waals surface area contributed by atoms with E-state index in [4.69, 9.17) is 9.47 Å². The maximum atomic E-state index is 12.9. The summed E-state index contributed by atoms with van der Waals surface area (Å²) < 4.78 is 11.1. The third-order valence-electron chi connectivity index (χ3n) is 6.33. The fraction of sp³-hybridized carbons (Fsp3) is 0.478. The topological polar surface area (TPSA) is 76.1 Å². The largest absolute Gasteiger partial charge is 0.497 e. The predicted octanol–water partition coefficient (Wildman–Crippen LogP) is 3.12. The number of carboxylic acids is 1. The lowest BCUT2D eigenvalue weighted by Gasteiger charge is -2.35. The van der Waals surface area contributed by atoms with Crippen LogP contribution in [0.4, 0.5) is 0 Å². The van der Waals surface area contributed by atoms with Crippen LogP contribution in [0.1, 0.15) is 24.8 Å². The van der Waals surface area contributed by atoms with Gasteiger partial charge in [0.2, 0.25) is 5.91 Å². The Hall–Kier alpha value is -2.60. The average molecular weight is 397 g/mol. The maximum Gasteiger partial charge on any atom is 0.309 e. The Balaban J connectivity index is 1.41. The Kier molecular flexibility index (Phi) is 5.72.